The van der Waals surface area contributed by atoms with Crippen molar-refractivity contribution in [2.45, 2.75) is 45.3 Å². The quantitative estimate of drug-likeness (QED) is 0.889. The van der Waals surface area contributed by atoms with Crippen LogP contribution in [-0.4, -0.2) is 51.8 Å². The fourth-order valence-corrected chi connectivity index (χ4v) is 2.42. The zero-order valence-electron chi connectivity index (χ0n) is 13.7. The molecule has 2 heterocycles. The Morgan fingerprint density at radius 1 is 1.35 bits per heavy atom. The number of pyridine rings is 1. The predicted octanol–water partition coefficient (Wildman–Crippen LogP) is 2.59. The molecule has 126 valence electrons. The molecule has 1 aromatic rings. The van der Waals surface area contributed by atoms with Gasteiger partial charge in [-0.25, -0.2) is 14.6 Å². The van der Waals surface area contributed by atoms with Crippen LogP contribution in [0.25, 0.3) is 0 Å². The van der Waals surface area contributed by atoms with Crippen LogP contribution in [0.15, 0.2) is 18.3 Å². The highest BCUT2D eigenvalue weighted by Gasteiger charge is 2.27. The van der Waals surface area contributed by atoms with Crippen molar-refractivity contribution in [1.82, 2.24) is 9.88 Å². The van der Waals surface area contributed by atoms with Crippen LogP contribution in [0.4, 0.5) is 10.6 Å². The molecule has 0 bridgehead atoms. The molecule has 0 saturated carbocycles. The molecule has 7 nitrogen and oxygen atoms in total. The maximum Gasteiger partial charge on any atom is 0.410 e. The number of rotatable bonds is 3. The van der Waals surface area contributed by atoms with Crippen LogP contribution in [0.2, 0.25) is 0 Å². The highest BCUT2D eigenvalue weighted by Crippen LogP contribution is 2.20. The molecule has 1 fully saturated rings. The van der Waals surface area contributed by atoms with E-state index in [0.29, 0.717) is 18.9 Å². The second-order valence-electron chi connectivity index (χ2n) is 6.59. The van der Waals surface area contributed by atoms with Crippen molar-refractivity contribution < 1.29 is 19.4 Å². The molecule has 23 heavy (non-hydrogen) atoms. The van der Waals surface area contributed by atoms with Gasteiger partial charge in [0, 0.05) is 25.3 Å². The van der Waals surface area contributed by atoms with Gasteiger partial charge in [-0.3, -0.25) is 0 Å². The number of aromatic nitrogens is 1. The Morgan fingerprint density at radius 3 is 2.57 bits per heavy atom. The number of nitrogens with one attached hydrogen (secondary N) is 1. The first kappa shape index (κ1) is 17.1. The van der Waals surface area contributed by atoms with Gasteiger partial charge in [-0.1, -0.05) is 0 Å². The topological polar surface area (TPSA) is 91.8 Å². The van der Waals surface area contributed by atoms with Gasteiger partial charge in [0.1, 0.15) is 17.0 Å². The lowest BCUT2D eigenvalue weighted by molar-refractivity contribution is 0.0210. The lowest BCUT2D eigenvalue weighted by Gasteiger charge is -2.34. The van der Waals surface area contributed by atoms with Crippen molar-refractivity contribution in [2.24, 2.45) is 0 Å². The van der Waals surface area contributed by atoms with Crippen LogP contribution in [0.1, 0.15) is 44.0 Å². The maximum atomic E-state index is 12.0. The van der Waals surface area contributed by atoms with Crippen molar-refractivity contribution in [3.05, 3.63) is 23.9 Å². The maximum absolute atomic E-state index is 12.0. The lowest BCUT2D eigenvalue weighted by Crippen LogP contribution is -2.44. The van der Waals surface area contributed by atoms with E-state index in [1.807, 2.05) is 20.8 Å². The molecular formula is C16H23N3O4. The number of piperidine rings is 1. The number of anilines is 1. The second kappa shape index (κ2) is 6.85. The average Bonchev–Trinajstić information content (AvgIpc) is 2.46. The Bertz CT molecular complexity index is 575. The number of hydrogen-bond donors (Lipinski definition) is 2. The molecule has 2 rings (SSSR count). The minimum atomic E-state index is -1.01. The van der Waals surface area contributed by atoms with Crippen molar-refractivity contribution >= 4 is 17.9 Å². The van der Waals surface area contributed by atoms with E-state index in [2.05, 4.69) is 10.3 Å². The van der Waals surface area contributed by atoms with Crippen LogP contribution in [0, 0.1) is 0 Å². The highest BCUT2D eigenvalue weighted by atomic mass is 16.6. The number of carbonyl (C=O) groups excluding carboxylic acids is 1. The van der Waals surface area contributed by atoms with Gasteiger partial charge in [0.2, 0.25) is 0 Å². The molecule has 2 N–H and O–H groups in total. The number of carbonyl (C=O) groups is 2. The van der Waals surface area contributed by atoms with Crippen molar-refractivity contribution in [1.29, 1.82) is 0 Å². The zero-order valence-corrected chi connectivity index (χ0v) is 13.7. The van der Waals surface area contributed by atoms with Gasteiger partial charge < -0.3 is 20.1 Å². The summed E-state index contributed by atoms with van der Waals surface area (Å²) in [5.74, 6) is -0.637. The summed E-state index contributed by atoms with van der Waals surface area (Å²) in [5.41, 5.74) is -0.349. The van der Waals surface area contributed by atoms with E-state index >= 15 is 0 Å². The molecule has 1 saturated heterocycles. The second-order valence-corrected chi connectivity index (χ2v) is 6.59. The number of aromatic carboxylic acids is 1. The summed E-state index contributed by atoms with van der Waals surface area (Å²) in [7, 11) is 0. The third-order valence-electron chi connectivity index (χ3n) is 3.53. The summed E-state index contributed by atoms with van der Waals surface area (Å²) < 4.78 is 5.36. The Labute approximate surface area is 135 Å². The van der Waals surface area contributed by atoms with E-state index in [0.717, 1.165) is 12.8 Å². The molecule has 1 aromatic heterocycles. The summed E-state index contributed by atoms with van der Waals surface area (Å²) >= 11 is 0. The fourth-order valence-electron chi connectivity index (χ4n) is 2.42. The summed E-state index contributed by atoms with van der Waals surface area (Å²) in [6.07, 6.45) is 2.69. The van der Waals surface area contributed by atoms with Crippen LogP contribution >= 0.6 is 0 Å². The number of carboxylic acids is 1. The van der Waals surface area contributed by atoms with E-state index in [9.17, 15) is 9.59 Å². The molecule has 1 aliphatic rings. The molecule has 0 unspecified atom stereocenters. The molecule has 0 atom stereocenters. The lowest BCUT2D eigenvalue weighted by atomic mass is 10.0. The van der Waals surface area contributed by atoms with E-state index in [1.165, 1.54) is 6.07 Å². The Hall–Kier alpha value is -2.31. The smallest absolute Gasteiger partial charge is 0.410 e. The Morgan fingerprint density at radius 2 is 2.00 bits per heavy atom. The van der Waals surface area contributed by atoms with Gasteiger partial charge >= 0.3 is 12.1 Å². The minimum Gasteiger partial charge on any atom is -0.478 e. The summed E-state index contributed by atoms with van der Waals surface area (Å²) in [6.45, 7) is 6.67. The number of hydrogen-bond acceptors (Lipinski definition) is 5. The van der Waals surface area contributed by atoms with Crippen LogP contribution in [0.3, 0.4) is 0 Å². The molecule has 7 heteroatoms. The largest absolute Gasteiger partial charge is 0.478 e. The Kier molecular flexibility index (Phi) is 5.08. The van der Waals surface area contributed by atoms with Crippen molar-refractivity contribution in [3.8, 4) is 0 Å². The SMILES string of the molecule is CC(C)(C)OC(=O)N1CCC(Nc2ncccc2C(=O)O)CC1. The molecule has 0 aromatic carbocycles. The monoisotopic (exact) mass is 321 g/mol. The van der Waals surface area contributed by atoms with Crippen LogP contribution < -0.4 is 5.32 Å². The average molecular weight is 321 g/mol. The standard InChI is InChI=1S/C16H23N3O4/c1-16(2,3)23-15(22)19-9-6-11(7-10-19)18-13-12(14(20)21)5-4-8-17-13/h4-5,8,11H,6-7,9-10H2,1-3H3,(H,17,18)(H,20,21). The normalized spacial score (nSPS) is 16.0. The van der Waals surface area contributed by atoms with E-state index in [-0.39, 0.29) is 17.7 Å². The molecule has 1 amide bonds. The Balaban J connectivity index is 1.91. The first-order chi connectivity index (χ1) is 10.8. The summed E-state index contributed by atoms with van der Waals surface area (Å²) in [4.78, 5) is 29.0. The number of ether oxygens (including phenoxy) is 1. The minimum absolute atomic E-state index is 0.0849. The van der Waals surface area contributed by atoms with Gasteiger partial charge in [0.15, 0.2) is 0 Å². The summed E-state index contributed by atoms with van der Waals surface area (Å²) in [6, 6.07) is 3.20. The number of nitrogens with zero attached hydrogens (tertiary/aromatic N) is 2. The van der Waals surface area contributed by atoms with E-state index in [1.54, 1.807) is 17.2 Å². The van der Waals surface area contributed by atoms with Crippen LogP contribution in [0.5, 0.6) is 0 Å². The van der Waals surface area contributed by atoms with Gasteiger partial charge in [-0.2, -0.15) is 0 Å². The van der Waals surface area contributed by atoms with Crippen LogP contribution in [-0.2, 0) is 4.74 Å². The number of likely N-dealkylation sites (tertiary alicyclic amines) is 1. The van der Waals surface area contributed by atoms with Crippen molar-refractivity contribution in [3.63, 3.8) is 0 Å². The zero-order chi connectivity index (χ0) is 17.0. The molecule has 0 spiro atoms. The van der Waals surface area contributed by atoms with E-state index < -0.39 is 11.6 Å². The molecular weight excluding hydrogens is 298 g/mol. The van der Waals surface area contributed by atoms with Gasteiger partial charge in [-0.15, -0.1) is 0 Å². The fraction of sp³-hybridized carbons (Fsp3) is 0.562. The van der Waals surface area contributed by atoms with Gasteiger partial charge in [0.25, 0.3) is 0 Å². The third-order valence-corrected chi connectivity index (χ3v) is 3.53. The predicted molar refractivity (Wildman–Crippen MR) is 85.6 cm³/mol. The third kappa shape index (κ3) is 4.84. The number of carboxylic acid groups (broad SMARTS) is 1. The first-order valence-corrected chi connectivity index (χ1v) is 7.69. The van der Waals surface area contributed by atoms with Gasteiger partial charge in [0.05, 0.1) is 0 Å². The van der Waals surface area contributed by atoms with E-state index in [4.69, 9.17) is 9.84 Å². The molecule has 1 aliphatic heterocycles. The number of amides is 1. The molecule has 0 radical (unpaired) electrons. The highest BCUT2D eigenvalue weighted by molar-refractivity contribution is 5.93. The summed E-state index contributed by atoms with van der Waals surface area (Å²) in [5, 5.41) is 12.3. The van der Waals surface area contributed by atoms with Crippen molar-refractivity contribution in [2.75, 3.05) is 18.4 Å². The first-order valence-electron chi connectivity index (χ1n) is 7.69. The van der Waals surface area contributed by atoms with Gasteiger partial charge in [-0.05, 0) is 45.7 Å². The molecule has 0 aliphatic carbocycles.